The minimum Gasteiger partial charge on any atom is -0.356 e. The van der Waals surface area contributed by atoms with E-state index >= 15 is 0 Å². The molecular formula is C24H22F2N6O. The molecule has 1 fully saturated rings. The van der Waals surface area contributed by atoms with Crippen LogP contribution >= 0.6 is 0 Å². The molecule has 168 valence electrons. The third-order valence-electron chi connectivity index (χ3n) is 5.98. The van der Waals surface area contributed by atoms with Crippen LogP contribution in [0.3, 0.4) is 0 Å². The summed E-state index contributed by atoms with van der Waals surface area (Å²) in [6.45, 7) is 0.430. The number of ketones is 1. The predicted molar refractivity (Wildman–Crippen MR) is 120 cm³/mol. The van der Waals surface area contributed by atoms with Gasteiger partial charge < -0.3 is 9.47 Å². The average molecular weight is 448 g/mol. The zero-order valence-electron chi connectivity index (χ0n) is 18.1. The minimum absolute atomic E-state index is 0.0837. The van der Waals surface area contributed by atoms with Crippen molar-refractivity contribution in [3.05, 3.63) is 66.4 Å². The van der Waals surface area contributed by atoms with E-state index in [4.69, 9.17) is 0 Å². The Balaban J connectivity index is 1.35. The van der Waals surface area contributed by atoms with Crippen LogP contribution in [0.1, 0.15) is 28.9 Å². The molecule has 0 radical (unpaired) electrons. The van der Waals surface area contributed by atoms with Crippen LogP contribution in [0.25, 0.3) is 22.2 Å². The van der Waals surface area contributed by atoms with Gasteiger partial charge in [-0.2, -0.15) is 10.2 Å². The number of fused-ring (bicyclic) bond motifs is 1. The van der Waals surface area contributed by atoms with Gasteiger partial charge in [-0.15, -0.1) is 0 Å². The zero-order chi connectivity index (χ0) is 23.0. The number of piperidine rings is 1. The summed E-state index contributed by atoms with van der Waals surface area (Å²) in [6.07, 6.45) is 4.75. The fourth-order valence-corrected chi connectivity index (χ4v) is 4.06. The Morgan fingerprint density at radius 3 is 2.67 bits per heavy atom. The van der Waals surface area contributed by atoms with Crippen molar-refractivity contribution in [1.29, 1.82) is 0 Å². The number of benzene rings is 1. The van der Waals surface area contributed by atoms with E-state index in [0.29, 0.717) is 17.1 Å². The maximum atomic E-state index is 13.5. The zero-order valence-corrected chi connectivity index (χ0v) is 18.1. The first kappa shape index (κ1) is 21.1. The summed E-state index contributed by atoms with van der Waals surface area (Å²) in [4.78, 5) is 23.2. The van der Waals surface area contributed by atoms with Gasteiger partial charge in [-0.1, -0.05) is 6.07 Å². The van der Waals surface area contributed by atoms with E-state index in [2.05, 4.69) is 20.2 Å². The van der Waals surface area contributed by atoms with Crippen molar-refractivity contribution in [2.24, 2.45) is 7.05 Å². The fourth-order valence-electron chi connectivity index (χ4n) is 4.06. The average Bonchev–Trinajstić information content (AvgIpc) is 3.24. The smallest absolute Gasteiger partial charge is 0.251 e. The Bertz CT molecular complexity index is 1330. The van der Waals surface area contributed by atoms with Crippen LogP contribution in [-0.4, -0.2) is 49.5 Å². The number of halogens is 2. The molecule has 4 aromatic rings. The Morgan fingerprint density at radius 1 is 1.09 bits per heavy atom. The Hall–Kier alpha value is -3.75. The molecule has 0 bridgehead atoms. The van der Waals surface area contributed by atoms with E-state index in [1.165, 1.54) is 0 Å². The first-order valence-electron chi connectivity index (χ1n) is 10.7. The van der Waals surface area contributed by atoms with Crippen LogP contribution in [-0.2, 0) is 13.5 Å². The normalized spacial score (nSPS) is 15.7. The Kier molecular flexibility index (Phi) is 5.32. The monoisotopic (exact) mass is 448 g/mol. The van der Waals surface area contributed by atoms with Crippen molar-refractivity contribution in [1.82, 2.24) is 24.7 Å². The second-order valence-electron chi connectivity index (χ2n) is 8.34. The first-order valence-corrected chi connectivity index (χ1v) is 10.7. The van der Waals surface area contributed by atoms with Gasteiger partial charge in [-0.05, 0) is 30.3 Å². The van der Waals surface area contributed by atoms with E-state index < -0.39 is 5.92 Å². The van der Waals surface area contributed by atoms with Gasteiger partial charge in [0.2, 0.25) is 0 Å². The summed E-state index contributed by atoms with van der Waals surface area (Å²) in [5, 5.41) is 9.36. The van der Waals surface area contributed by atoms with Crippen molar-refractivity contribution < 1.29 is 13.6 Å². The highest BCUT2D eigenvalue weighted by Gasteiger charge is 2.34. The molecule has 3 aromatic heterocycles. The molecule has 0 amide bonds. The number of aromatic nitrogens is 5. The molecule has 0 atom stereocenters. The molecule has 1 aliphatic rings. The van der Waals surface area contributed by atoms with Crippen molar-refractivity contribution in [3.63, 3.8) is 0 Å². The first-order chi connectivity index (χ1) is 15.9. The summed E-state index contributed by atoms with van der Waals surface area (Å²) >= 11 is 0. The van der Waals surface area contributed by atoms with E-state index in [1.54, 1.807) is 35.8 Å². The minimum atomic E-state index is -2.63. The molecule has 0 unspecified atom stereocenters. The van der Waals surface area contributed by atoms with Crippen LogP contribution in [0.4, 0.5) is 14.6 Å². The van der Waals surface area contributed by atoms with E-state index in [9.17, 15) is 13.6 Å². The number of alkyl halides is 2. The number of Topliss-reactive ketones (excluding diaryl/α,β-unsaturated/α-hetero) is 1. The summed E-state index contributed by atoms with van der Waals surface area (Å²) in [6, 6.07) is 11.0. The van der Waals surface area contributed by atoms with Gasteiger partial charge in [0.05, 0.1) is 35.8 Å². The number of nitrogens with zero attached hydrogens (tertiary/aromatic N) is 6. The van der Waals surface area contributed by atoms with Crippen molar-refractivity contribution in [3.8, 4) is 11.3 Å². The predicted octanol–water partition coefficient (Wildman–Crippen LogP) is 4.09. The quantitative estimate of drug-likeness (QED) is 0.428. The van der Waals surface area contributed by atoms with Crippen LogP contribution in [0.5, 0.6) is 0 Å². The van der Waals surface area contributed by atoms with E-state index in [0.717, 1.165) is 22.2 Å². The highest BCUT2D eigenvalue weighted by molar-refractivity contribution is 5.98. The lowest BCUT2D eigenvalue weighted by atomic mass is 10.0. The maximum Gasteiger partial charge on any atom is 0.251 e. The molecule has 0 N–H and O–H groups in total. The largest absolute Gasteiger partial charge is 0.356 e. The van der Waals surface area contributed by atoms with Gasteiger partial charge in [0, 0.05) is 55.7 Å². The van der Waals surface area contributed by atoms with Gasteiger partial charge in [0.25, 0.3) is 5.92 Å². The molecule has 9 heteroatoms. The molecule has 5 rings (SSSR count). The molecular weight excluding hydrogens is 426 g/mol. The molecule has 7 nitrogen and oxygen atoms in total. The molecule has 0 spiro atoms. The number of pyridine rings is 1. The highest BCUT2D eigenvalue weighted by atomic mass is 19.3. The van der Waals surface area contributed by atoms with Crippen LogP contribution in [0.15, 0.2) is 55.1 Å². The molecule has 1 aromatic carbocycles. The third kappa shape index (κ3) is 4.44. The SMILES string of the molecule is Cn1cncc1-c1ccc2nnc(CC(=O)c3ccnc(N4CCC(F)(F)CC4)c3)cc2c1. The third-order valence-corrected chi connectivity index (χ3v) is 5.98. The lowest BCUT2D eigenvalue weighted by Gasteiger charge is -2.32. The van der Waals surface area contributed by atoms with Gasteiger partial charge in [-0.25, -0.2) is 18.7 Å². The number of hydrogen-bond acceptors (Lipinski definition) is 6. The second-order valence-corrected chi connectivity index (χ2v) is 8.34. The van der Waals surface area contributed by atoms with Crippen molar-refractivity contribution >= 4 is 22.5 Å². The van der Waals surface area contributed by atoms with Crippen LogP contribution in [0.2, 0.25) is 0 Å². The number of anilines is 1. The van der Waals surface area contributed by atoms with Gasteiger partial charge in [0.15, 0.2) is 5.78 Å². The summed E-state index contributed by atoms with van der Waals surface area (Å²) in [5.41, 5.74) is 3.75. The number of hydrogen-bond donors (Lipinski definition) is 0. The number of carbonyl (C=O) groups excluding carboxylic acids is 1. The number of aryl methyl sites for hydroxylation is 1. The van der Waals surface area contributed by atoms with Gasteiger partial charge in [0.1, 0.15) is 5.82 Å². The van der Waals surface area contributed by atoms with E-state index in [1.807, 2.05) is 35.9 Å². The number of carbonyl (C=O) groups is 1. The van der Waals surface area contributed by atoms with Crippen LogP contribution < -0.4 is 4.90 Å². The molecule has 4 heterocycles. The summed E-state index contributed by atoms with van der Waals surface area (Å²) < 4.78 is 28.9. The van der Waals surface area contributed by atoms with Crippen molar-refractivity contribution in [2.45, 2.75) is 25.2 Å². The van der Waals surface area contributed by atoms with Gasteiger partial charge in [-0.3, -0.25) is 4.79 Å². The van der Waals surface area contributed by atoms with Crippen LogP contribution in [0, 0.1) is 0 Å². The lowest BCUT2D eigenvalue weighted by Crippen LogP contribution is -2.39. The maximum absolute atomic E-state index is 13.5. The lowest BCUT2D eigenvalue weighted by molar-refractivity contribution is -0.0221. The Labute approximate surface area is 189 Å². The van der Waals surface area contributed by atoms with Crippen molar-refractivity contribution in [2.75, 3.05) is 18.0 Å². The molecule has 33 heavy (non-hydrogen) atoms. The Morgan fingerprint density at radius 2 is 1.91 bits per heavy atom. The summed E-state index contributed by atoms with van der Waals surface area (Å²) in [5.74, 6) is -2.21. The fraction of sp³-hybridized carbons (Fsp3) is 0.292. The summed E-state index contributed by atoms with van der Waals surface area (Å²) in [7, 11) is 1.93. The molecule has 1 aliphatic heterocycles. The molecule has 0 aliphatic carbocycles. The van der Waals surface area contributed by atoms with E-state index in [-0.39, 0.29) is 38.1 Å². The number of imidazole rings is 1. The second kappa shape index (κ2) is 8.31. The topological polar surface area (TPSA) is 76.8 Å². The standard InChI is InChI=1S/C24H22F2N6O/c1-31-15-27-14-21(31)16-2-3-20-18(10-16)11-19(29-30-20)13-22(33)17-4-7-28-23(12-17)32-8-5-24(25,26)6-9-32/h2-4,7,10-12,14-15H,5-6,8-9,13H2,1H3. The highest BCUT2D eigenvalue weighted by Crippen LogP contribution is 2.30. The molecule has 1 saturated heterocycles. The number of rotatable bonds is 5. The molecule has 0 saturated carbocycles. The van der Waals surface area contributed by atoms with Gasteiger partial charge >= 0.3 is 0 Å².